The minimum atomic E-state index is -1.03. The molecule has 0 fully saturated rings. The lowest BCUT2D eigenvalue weighted by atomic mass is 10.0. The van der Waals surface area contributed by atoms with E-state index in [0.29, 0.717) is 12.3 Å². The van der Waals surface area contributed by atoms with E-state index in [-0.39, 0.29) is 5.91 Å². The molecule has 0 saturated heterocycles. The number of hydrogen-bond donors (Lipinski definition) is 2. The SMILES string of the molecule is CN1C(=O)[C@@H](NC(=O)NCc2ccccc2)N=C(c2ccccc2)c2ccccc21. The highest BCUT2D eigenvalue weighted by Gasteiger charge is 2.30. The number of amides is 3. The number of para-hydroxylation sites is 1. The summed E-state index contributed by atoms with van der Waals surface area (Å²) < 4.78 is 0. The second kappa shape index (κ2) is 8.61. The number of hydrogen-bond acceptors (Lipinski definition) is 3. The largest absolute Gasteiger partial charge is 0.334 e. The maximum atomic E-state index is 13.1. The van der Waals surface area contributed by atoms with E-state index in [4.69, 9.17) is 0 Å². The summed E-state index contributed by atoms with van der Waals surface area (Å²) in [6.45, 7) is 0.360. The first kappa shape index (κ1) is 19.4. The molecule has 6 nitrogen and oxygen atoms in total. The van der Waals surface area contributed by atoms with Gasteiger partial charge in [0.25, 0.3) is 5.91 Å². The first-order chi connectivity index (χ1) is 14.6. The molecule has 0 aromatic heterocycles. The van der Waals surface area contributed by atoms with Gasteiger partial charge in [-0.3, -0.25) is 4.79 Å². The molecule has 3 amide bonds. The van der Waals surface area contributed by atoms with Gasteiger partial charge in [-0.1, -0.05) is 78.9 Å². The van der Waals surface area contributed by atoms with Crippen molar-refractivity contribution < 1.29 is 9.59 Å². The van der Waals surface area contributed by atoms with Crippen molar-refractivity contribution >= 4 is 23.3 Å². The van der Waals surface area contributed by atoms with E-state index >= 15 is 0 Å². The number of benzodiazepines with no additional fused rings is 1. The number of carbonyl (C=O) groups excluding carboxylic acids is 2. The summed E-state index contributed by atoms with van der Waals surface area (Å²) in [4.78, 5) is 31.8. The number of aliphatic imine (C=N–C) groups is 1. The fourth-order valence-corrected chi connectivity index (χ4v) is 3.40. The van der Waals surface area contributed by atoms with Crippen LogP contribution >= 0.6 is 0 Å². The smallest absolute Gasteiger partial charge is 0.317 e. The van der Waals surface area contributed by atoms with E-state index in [2.05, 4.69) is 15.6 Å². The molecule has 0 spiro atoms. The maximum absolute atomic E-state index is 13.1. The number of urea groups is 1. The van der Waals surface area contributed by atoms with Crippen LogP contribution in [0.5, 0.6) is 0 Å². The third-order valence-electron chi connectivity index (χ3n) is 4.95. The van der Waals surface area contributed by atoms with Crippen LogP contribution in [0.4, 0.5) is 10.5 Å². The zero-order valence-corrected chi connectivity index (χ0v) is 16.6. The highest BCUT2D eigenvalue weighted by atomic mass is 16.2. The van der Waals surface area contributed by atoms with Gasteiger partial charge in [0.05, 0.1) is 11.4 Å². The van der Waals surface area contributed by atoms with Crippen molar-refractivity contribution in [2.24, 2.45) is 4.99 Å². The molecule has 0 saturated carbocycles. The molecule has 1 atom stereocenters. The number of likely N-dealkylation sites (N-methyl/N-ethyl adjacent to an activating group) is 1. The molecule has 0 radical (unpaired) electrons. The Balaban J connectivity index is 1.62. The summed E-state index contributed by atoms with van der Waals surface area (Å²) in [6.07, 6.45) is -1.03. The van der Waals surface area contributed by atoms with Crippen LogP contribution in [0.3, 0.4) is 0 Å². The summed E-state index contributed by atoms with van der Waals surface area (Å²) in [5.41, 5.74) is 4.10. The fourth-order valence-electron chi connectivity index (χ4n) is 3.40. The number of carbonyl (C=O) groups is 2. The zero-order chi connectivity index (χ0) is 20.9. The average molecular weight is 398 g/mol. The molecule has 6 heteroatoms. The third kappa shape index (κ3) is 4.07. The first-order valence-electron chi connectivity index (χ1n) is 9.72. The predicted octanol–water partition coefficient (Wildman–Crippen LogP) is 3.33. The van der Waals surface area contributed by atoms with E-state index in [1.54, 1.807) is 7.05 Å². The Bertz CT molecular complexity index is 1080. The summed E-state index contributed by atoms with van der Waals surface area (Å²) >= 11 is 0. The number of anilines is 1. The van der Waals surface area contributed by atoms with E-state index in [1.165, 1.54) is 4.90 Å². The van der Waals surface area contributed by atoms with Crippen LogP contribution in [0.15, 0.2) is 89.9 Å². The second-order valence-electron chi connectivity index (χ2n) is 6.97. The standard InChI is InChI=1S/C24H22N4O2/c1-28-20-15-9-8-14-19(20)21(18-12-6-3-7-13-18)26-22(23(28)29)27-24(30)25-16-17-10-4-2-5-11-17/h2-15,22H,16H2,1H3,(H2,25,27,30)/t22-/m1/s1. The Hall–Kier alpha value is -3.93. The third-order valence-corrected chi connectivity index (χ3v) is 4.95. The van der Waals surface area contributed by atoms with Gasteiger partial charge in [-0.25, -0.2) is 9.79 Å². The van der Waals surface area contributed by atoms with Crippen LogP contribution < -0.4 is 15.5 Å². The van der Waals surface area contributed by atoms with Gasteiger partial charge in [-0.2, -0.15) is 0 Å². The number of fused-ring (bicyclic) bond motifs is 1. The molecular weight excluding hydrogens is 376 g/mol. The monoisotopic (exact) mass is 398 g/mol. The summed E-state index contributed by atoms with van der Waals surface area (Å²) in [5.74, 6) is -0.303. The predicted molar refractivity (Wildman–Crippen MR) is 118 cm³/mol. The summed E-state index contributed by atoms with van der Waals surface area (Å²) in [7, 11) is 1.70. The average Bonchev–Trinajstić information content (AvgIpc) is 2.90. The van der Waals surface area contributed by atoms with Crippen molar-refractivity contribution in [3.05, 3.63) is 102 Å². The Kier molecular flexibility index (Phi) is 5.57. The topological polar surface area (TPSA) is 73.8 Å². The van der Waals surface area contributed by atoms with Crippen LogP contribution in [0.1, 0.15) is 16.7 Å². The van der Waals surface area contributed by atoms with Gasteiger partial charge in [0, 0.05) is 24.7 Å². The molecule has 0 unspecified atom stereocenters. The van der Waals surface area contributed by atoms with E-state index in [0.717, 1.165) is 22.4 Å². The van der Waals surface area contributed by atoms with Crippen LogP contribution in [-0.4, -0.2) is 30.9 Å². The first-order valence-corrected chi connectivity index (χ1v) is 9.72. The molecule has 1 aliphatic heterocycles. The quantitative estimate of drug-likeness (QED) is 0.708. The molecule has 150 valence electrons. The van der Waals surface area contributed by atoms with Crippen molar-refractivity contribution in [3.8, 4) is 0 Å². The lowest BCUT2D eigenvalue weighted by Crippen LogP contribution is -2.49. The second-order valence-corrected chi connectivity index (χ2v) is 6.97. The molecule has 30 heavy (non-hydrogen) atoms. The highest BCUT2D eigenvalue weighted by molar-refractivity contribution is 6.20. The lowest BCUT2D eigenvalue weighted by molar-refractivity contribution is -0.119. The molecule has 1 aliphatic rings. The zero-order valence-electron chi connectivity index (χ0n) is 16.6. The van der Waals surface area contributed by atoms with Crippen LogP contribution in [0.25, 0.3) is 0 Å². The van der Waals surface area contributed by atoms with Gasteiger partial charge in [0.15, 0.2) is 0 Å². The van der Waals surface area contributed by atoms with Gasteiger partial charge in [-0.15, -0.1) is 0 Å². The molecule has 4 rings (SSSR count). The normalized spacial score (nSPS) is 15.6. The van der Waals surface area contributed by atoms with Crippen molar-refractivity contribution in [3.63, 3.8) is 0 Å². The minimum Gasteiger partial charge on any atom is -0.334 e. The molecule has 3 aromatic rings. The number of rotatable bonds is 4. The maximum Gasteiger partial charge on any atom is 0.317 e. The van der Waals surface area contributed by atoms with Crippen LogP contribution in [0.2, 0.25) is 0 Å². The number of benzene rings is 3. The van der Waals surface area contributed by atoms with Crippen LogP contribution in [0, 0.1) is 0 Å². The van der Waals surface area contributed by atoms with Crippen molar-refractivity contribution in [1.29, 1.82) is 0 Å². The summed E-state index contributed by atoms with van der Waals surface area (Å²) in [5, 5.41) is 5.50. The van der Waals surface area contributed by atoms with Crippen molar-refractivity contribution in [2.75, 3.05) is 11.9 Å². The molecular formula is C24H22N4O2. The Morgan fingerprint density at radius 2 is 1.57 bits per heavy atom. The molecule has 0 bridgehead atoms. The lowest BCUT2D eigenvalue weighted by Gasteiger charge is -2.21. The van der Waals surface area contributed by atoms with Crippen molar-refractivity contribution in [1.82, 2.24) is 10.6 Å². The molecule has 3 aromatic carbocycles. The van der Waals surface area contributed by atoms with Gasteiger partial charge in [0.2, 0.25) is 6.17 Å². The highest BCUT2D eigenvalue weighted by Crippen LogP contribution is 2.27. The Morgan fingerprint density at radius 3 is 2.30 bits per heavy atom. The van der Waals surface area contributed by atoms with E-state index < -0.39 is 12.2 Å². The van der Waals surface area contributed by atoms with Crippen molar-refractivity contribution in [2.45, 2.75) is 12.7 Å². The molecule has 1 heterocycles. The van der Waals surface area contributed by atoms with Gasteiger partial charge >= 0.3 is 6.03 Å². The summed E-state index contributed by atoms with van der Waals surface area (Å²) in [6, 6.07) is 26.4. The molecule has 2 N–H and O–H groups in total. The van der Waals surface area contributed by atoms with E-state index in [9.17, 15) is 9.59 Å². The Morgan fingerprint density at radius 1 is 0.933 bits per heavy atom. The van der Waals surface area contributed by atoms with Crippen LogP contribution in [-0.2, 0) is 11.3 Å². The van der Waals surface area contributed by atoms with Gasteiger partial charge in [0.1, 0.15) is 0 Å². The number of nitrogens with one attached hydrogen (secondary N) is 2. The molecule has 0 aliphatic carbocycles. The fraction of sp³-hybridized carbons (Fsp3) is 0.125. The van der Waals surface area contributed by atoms with Gasteiger partial charge in [-0.05, 0) is 11.6 Å². The van der Waals surface area contributed by atoms with E-state index in [1.807, 2.05) is 84.9 Å². The number of nitrogens with zero attached hydrogens (tertiary/aromatic N) is 2. The Labute approximate surface area is 175 Å². The minimum absolute atomic E-state index is 0.303. The van der Waals surface area contributed by atoms with Gasteiger partial charge < -0.3 is 15.5 Å².